The Morgan fingerprint density at radius 1 is 0.471 bits per heavy atom. The number of aromatic nitrogens is 1. The normalized spacial score (nSPS) is 12.1. The summed E-state index contributed by atoms with van der Waals surface area (Å²) in [7, 11) is 0. The number of hydrogen-bond acceptors (Lipinski definition) is 1. The first-order chi connectivity index (χ1) is 16.9. The van der Waals surface area contributed by atoms with Crippen molar-refractivity contribution in [2.75, 3.05) is 0 Å². The molecule has 0 fully saturated rings. The lowest BCUT2D eigenvalue weighted by Crippen LogP contribution is -1.84. The van der Waals surface area contributed by atoms with E-state index < -0.39 is 0 Å². The molecule has 2 nitrogen and oxygen atoms in total. The second-order valence-corrected chi connectivity index (χ2v) is 9.01. The number of para-hydroxylation sites is 2. The Morgan fingerprint density at radius 3 is 2.09 bits per heavy atom. The molecule has 1 N–H and O–H groups in total. The molecule has 0 atom stereocenters. The van der Waals surface area contributed by atoms with Crippen LogP contribution in [0.15, 0.2) is 114 Å². The minimum atomic E-state index is 0.924. The van der Waals surface area contributed by atoms with Gasteiger partial charge in [-0.15, -0.1) is 0 Å². The zero-order chi connectivity index (χ0) is 22.2. The van der Waals surface area contributed by atoms with Crippen molar-refractivity contribution < 1.29 is 4.42 Å². The van der Waals surface area contributed by atoms with Gasteiger partial charge in [0.25, 0.3) is 0 Å². The highest BCUT2D eigenvalue weighted by molar-refractivity contribution is 6.29. The zero-order valence-electron chi connectivity index (χ0n) is 18.3. The van der Waals surface area contributed by atoms with Gasteiger partial charge in [0.1, 0.15) is 11.2 Å². The number of hydrogen-bond donors (Lipinski definition) is 1. The molecule has 2 heteroatoms. The van der Waals surface area contributed by atoms with E-state index in [4.69, 9.17) is 4.42 Å². The summed E-state index contributed by atoms with van der Waals surface area (Å²) in [5.41, 5.74) is 6.48. The van der Waals surface area contributed by atoms with Gasteiger partial charge in [0.05, 0.1) is 0 Å². The van der Waals surface area contributed by atoms with Crippen LogP contribution in [0.2, 0.25) is 0 Å². The van der Waals surface area contributed by atoms with E-state index in [-0.39, 0.29) is 0 Å². The third kappa shape index (κ3) is 2.29. The average Bonchev–Trinajstić information content (AvgIpc) is 3.47. The lowest BCUT2D eigenvalue weighted by molar-refractivity contribution is 0.670. The monoisotopic (exact) mass is 433 g/mol. The molecule has 2 aromatic heterocycles. The Hall–Kier alpha value is -4.56. The molecule has 158 valence electrons. The van der Waals surface area contributed by atoms with Gasteiger partial charge in [-0.1, -0.05) is 91.0 Å². The highest BCUT2D eigenvalue weighted by Crippen LogP contribution is 2.43. The Labute approximate surface area is 195 Å². The van der Waals surface area contributed by atoms with Crippen LogP contribution in [0.3, 0.4) is 0 Å². The van der Waals surface area contributed by atoms with Crippen LogP contribution in [0.25, 0.3) is 76.4 Å². The Bertz CT molecular complexity index is 2070. The topological polar surface area (TPSA) is 28.9 Å². The molecule has 0 radical (unpaired) electrons. The minimum Gasteiger partial charge on any atom is -0.455 e. The fourth-order valence-electron chi connectivity index (χ4n) is 5.72. The molecule has 8 aromatic rings. The van der Waals surface area contributed by atoms with Crippen LogP contribution in [-0.4, -0.2) is 4.98 Å². The van der Waals surface area contributed by atoms with Crippen LogP contribution in [-0.2, 0) is 0 Å². The SMILES string of the molecule is c1ccc2c(c1)ccc1[nH]c3cc(-c4cccc5c4oc4ccccc45)c4ccccc4c3c12. The third-order valence-electron chi connectivity index (χ3n) is 7.19. The number of H-pyrrole nitrogens is 1. The van der Waals surface area contributed by atoms with Gasteiger partial charge in [-0.2, -0.15) is 0 Å². The summed E-state index contributed by atoms with van der Waals surface area (Å²) in [6.45, 7) is 0. The third-order valence-corrected chi connectivity index (χ3v) is 7.19. The van der Waals surface area contributed by atoms with Gasteiger partial charge in [0.15, 0.2) is 0 Å². The fourth-order valence-corrected chi connectivity index (χ4v) is 5.72. The number of rotatable bonds is 1. The highest BCUT2D eigenvalue weighted by Gasteiger charge is 2.18. The lowest BCUT2D eigenvalue weighted by Gasteiger charge is -2.10. The Balaban J connectivity index is 1.56. The van der Waals surface area contributed by atoms with Crippen molar-refractivity contribution >= 4 is 65.3 Å². The van der Waals surface area contributed by atoms with Crippen molar-refractivity contribution in [3.05, 3.63) is 109 Å². The molecule has 0 saturated carbocycles. The van der Waals surface area contributed by atoms with Gasteiger partial charge in [-0.3, -0.25) is 0 Å². The van der Waals surface area contributed by atoms with Crippen molar-refractivity contribution in [1.29, 1.82) is 0 Å². The molecule has 0 amide bonds. The lowest BCUT2D eigenvalue weighted by atomic mass is 9.93. The van der Waals surface area contributed by atoms with E-state index in [9.17, 15) is 0 Å². The van der Waals surface area contributed by atoms with E-state index in [0.29, 0.717) is 0 Å². The molecular formula is C32H19NO. The van der Waals surface area contributed by atoms with Gasteiger partial charge in [0, 0.05) is 38.1 Å². The smallest absolute Gasteiger partial charge is 0.143 e. The van der Waals surface area contributed by atoms with Crippen LogP contribution >= 0.6 is 0 Å². The second kappa shape index (κ2) is 6.49. The molecule has 0 saturated heterocycles. The summed E-state index contributed by atoms with van der Waals surface area (Å²) in [5.74, 6) is 0. The standard InChI is InChI=1S/C32H19NO/c1-2-9-20-19(8-1)16-17-27-30(20)31-23-12-4-3-10-21(23)26(18-28(31)33-27)25-14-7-13-24-22-11-5-6-15-29(22)34-32(24)25/h1-18,33H. The molecular weight excluding hydrogens is 414 g/mol. The van der Waals surface area contributed by atoms with Crippen molar-refractivity contribution in [3.8, 4) is 11.1 Å². The number of nitrogens with one attached hydrogen (secondary N) is 1. The van der Waals surface area contributed by atoms with E-state index in [1.165, 1.54) is 37.9 Å². The van der Waals surface area contributed by atoms with E-state index in [1.807, 2.05) is 12.1 Å². The summed E-state index contributed by atoms with van der Waals surface area (Å²) < 4.78 is 6.41. The van der Waals surface area contributed by atoms with Gasteiger partial charge < -0.3 is 9.40 Å². The highest BCUT2D eigenvalue weighted by atomic mass is 16.3. The number of aromatic amines is 1. The molecule has 0 aliphatic heterocycles. The van der Waals surface area contributed by atoms with Crippen molar-refractivity contribution in [3.63, 3.8) is 0 Å². The summed E-state index contributed by atoms with van der Waals surface area (Å²) in [4.78, 5) is 3.72. The summed E-state index contributed by atoms with van der Waals surface area (Å²) >= 11 is 0. The molecule has 0 bridgehead atoms. The second-order valence-electron chi connectivity index (χ2n) is 9.01. The van der Waals surface area contributed by atoms with Crippen molar-refractivity contribution in [1.82, 2.24) is 4.98 Å². The first kappa shape index (κ1) is 17.9. The van der Waals surface area contributed by atoms with E-state index in [2.05, 4.69) is 102 Å². The van der Waals surface area contributed by atoms with Gasteiger partial charge in [-0.05, 0) is 45.3 Å². The minimum absolute atomic E-state index is 0.924. The summed E-state index contributed by atoms with van der Waals surface area (Å²) in [6.07, 6.45) is 0. The van der Waals surface area contributed by atoms with Crippen LogP contribution in [0.1, 0.15) is 0 Å². The molecule has 6 aromatic carbocycles. The van der Waals surface area contributed by atoms with Crippen LogP contribution in [0.5, 0.6) is 0 Å². The van der Waals surface area contributed by atoms with Crippen molar-refractivity contribution in [2.45, 2.75) is 0 Å². The van der Waals surface area contributed by atoms with Crippen LogP contribution < -0.4 is 0 Å². The average molecular weight is 434 g/mol. The number of fused-ring (bicyclic) bond motifs is 10. The van der Waals surface area contributed by atoms with Gasteiger partial charge >= 0.3 is 0 Å². The van der Waals surface area contributed by atoms with Crippen molar-refractivity contribution in [2.24, 2.45) is 0 Å². The predicted molar refractivity (Wildman–Crippen MR) is 144 cm³/mol. The molecule has 0 spiro atoms. The molecule has 34 heavy (non-hydrogen) atoms. The van der Waals surface area contributed by atoms with E-state index in [0.717, 1.165) is 38.5 Å². The Kier molecular flexibility index (Phi) is 3.42. The zero-order valence-corrected chi connectivity index (χ0v) is 18.3. The molecule has 0 aliphatic rings. The maximum Gasteiger partial charge on any atom is 0.143 e. The molecule has 0 aliphatic carbocycles. The predicted octanol–water partition coefficient (Wildman–Crippen LogP) is 9.19. The van der Waals surface area contributed by atoms with E-state index in [1.54, 1.807) is 0 Å². The van der Waals surface area contributed by atoms with Crippen LogP contribution in [0, 0.1) is 0 Å². The maximum atomic E-state index is 6.41. The Morgan fingerprint density at radius 2 is 1.18 bits per heavy atom. The van der Waals surface area contributed by atoms with Crippen LogP contribution in [0.4, 0.5) is 0 Å². The summed E-state index contributed by atoms with van der Waals surface area (Å²) in [5, 5.41) is 9.91. The van der Waals surface area contributed by atoms with Gasteiger partial charge in [-0.25, -0.2) is 0 Å². The summed E-state index contributed by atoms with van der Waals surface area (Å²) in [6, 6.07) is 38.8. The maximum absolute atomic E-state index is 6.41. The molecule has 2 heterocycles. The largest absolute Gasteiger partial charge is 0.455 e. The number of benzene rings is 6. The fraction of sp³-hybridized carbons (Fsp3) is 0. The molecule has 0 unspecified atom stereocenters. The van der Waals surface area contributed by atoms with Gasteiger partial charge in [0.2, 0.25) is 0 Å². The first-order valence-corrected chi connectivity index (χ1v) is 11.6. The van der Waals surface area contributed by atoms with E-state index >= 15 is 0 Å². The quantitative estimate of drug-likeness (QED) is 0.275. The number of furan rings is 1. The first-order valence-electron chi connectivity index (χ1n) is 11.6. The molecule has 8 rings (SSSR count).